The van der Waals surface area contributed by atoms with Crippen LogP contribution in [0.25, 0.3) is 0 Å². The molecule has 3 atom stereocenters. The highest BCUT2D eigenvalue weighted by atomic mass is 19.1. The van der Waals surface area contributed by atoms with Gasteiger partial charge in [-0.1, -0.05) is 0 Å². The van der Waals surface area contributed by atoms with Crippen LogP contribution in [0.3, 0.4) is 0 Å². The third kappa shape index (κ3) is 2.22. The SMILES string of the molecule is CNc1nc(=O)n(C2CC(O)C(CO)O2)cc1F. The van der Waals surface area contributed by atoms with Crippen LogP contribution in [-0.2, 0) is 4.74 Å². The molecule has 0 amide bonds. The number of nitrogens with zero attached hydrogens (tertiary/aromatic N) is 2. The summed E-state index contributed by atoms with van der Waals surface area (Å²) < 4.78 is 19.7. The van der Waals surface area contributed by atoms with Gasteiger partial charge in [-0.2, -0.15) is 4.98 Å². The van der Waals surface area contributed by atoms with Crippen molar-refractivity contribution in [1.82, 2.24) is 9.55 Å². The number of nitrogens with one attached hydrogen (secondary N) is 1. The summed E-state index contributed by atoms with van der Waals surface area (Å²) in [6.45, 7) is -0.364. The number of hydrogen-bond acceptors (Lipinski definition) is 6. The van der Waals surface area contributed by atoms with E-state index in [-0.39, 0.29) is 18.8 Å². The van der Waals surface area contributed by atoms with Crippen molar-refractivity contribution in [2.75, 3.05) is 19.0 Å². The quantitative estimate of drug-likeness (QED) is 0.648. The topological polar surface area (TPSA) is 96.6 Å². The fourth-order valence-corrected chi connectivity index (χ4v) is 1.88. The Morgan fingerprint density at radius 2 is 2.44 bits per heavy atom. The van der Waals surface area contributed by atoms with Crippen molar-refractivity contribution in [3.05, 3.63) is 22.5 Å². The van der Waals surface area contributed by atoms with Crippen molar-refractivity contribution in [3.8, 4) is 0 Å². The molecule has 1 fully saturated rings. The second-order valence-corrected chi connectivity index (χ2v) is 3.99. The van der Waals surface area contributed by atoms with E-state index in [0.717, 1.165) is 10.8 Å². The number of aromatic nitrogens is 2. The van der Waals surface area contributed by atoms with E-state index in [1.54, 1.807) is 0 Å². The molecule has 7 nitrogen and oxygen atoms in total. The Morgan fingerprint density at radius 3 is 3.00 bits per heavy atom. The highest BCUT2D eigenvalue weighted by Crippen LogP contribution is 2.27. The molecule has 0 aliphatic carbocycles. The van der Waals surface area contributed by atoms with Crippen LogP contribution in [0.15, 0.2) is 11.0 Å². The Labute approximate surface area is 102 Å². The van der Waals surface area contributed by atoms with Gasteiger partial charge in [0, 0.05) is 13.5 Å². The van der Waals surface area contributed by atoms with Crippen molar-refractivity contribution in [2.24, 2.45) is 0 Å². The minimum atomic E-state index is -0.890. The van der Waals surface area contributed by atoms with Crippen LogP contribution in [0.5, 0.6) is 0 Å². The molecule has 1 aliphatic heterocycles. The molecule has 100 valence electrons. The zero-order valence-electron chi connectivity index (χ0n) is 9.71. The van der Waals surface area contributed by atoms with Crippen LogP contribution in [0, 0.1) is 5.82 Å². The first-order valence-corrected chi connectivity index (χ1v) is 5.47. The summed E-state index contributed by atoms with van der Waals surface area (Å²) in [5.41, 5.74) is -0.684. The molecular weight excluding hydrogens is 245 g/mol. The van der Waals surface area contributed by atoms with Gasteiger partial charge < -0.3 is 20.3 Å². The summed E-state index contributed by atoms with van der Waals surface area (Å²) in [5, 5.41) is 20.9. The van der Waals surface area contributed by atoms with Gasteiger partial charge in [0.25, 0.3) is 0 Å². The fourth-order valence-electron chi connectivity index (χ4n) is 1.88. The van der Waals surface area contributed by atoms with Gasteiger partial charge in [0.2, 0.25) is 0 Å². The third-order valence-corrected chi connectivity index (χ3v) is 2.84. The van der Waals surface area contributed by atoms with Gasteiger partial charge in [0.05, 0.1) is 18.9 Å². The minimum Gasteiger partial charge on any atom is -0.394 e. The van der Waals surface area contributed by atoms with E-state index in [9.17, 15) is 14.3 Å². The summed E-state index contributed by atoms with van der Waals surface area (Å²) in [7, 11) is 1.45. The smallest absolute Gasteiger partial charge is 0.351 e. The first kappa shape index (κ1) is 12.9. The second kappa shape index (κ2) is 5.01. The van der Waals surface area contributed by atoms with Crippen molar-refractivity contribution in [1.29, 1.82) is 0 Å². The van der Waals surface area contributed by atoms with E-state index in [2.05, 4.69) is 10.3 Å². The molecule has 1 aliphatic rings. The molecule has 0 bridgehead atoms. The summed E-state index contributed by atoms with van der Waals surface area (Å²) in [6, 6.07) is 0. The predicted molar refractivity (Wildman–Crippen MR) is 59.6 cm³/mol. The van der Waals surface area contributed by atoms with Crippen molar-refractivity contribution < 1.29 is 19.3 Å². The molecule has 0 spiro atoms. The van der Waals surface area contributed by atoms with Crippen molar-refractivity contribution in [2.45, 2.75) is 24.9 Å². The van der Waals surface area contributed by atoms with Crippen LogP contribution < -0.4 is 11.0 Å². The molecule has 8 heteroatoms. The Morgan fingerprint density at radius 1 is 1.72 bits per heavy atom. The largest absolute Gasteiger partial charge is 0.394 e. The maximum atomic E-state index is 13.5. The summed E-state index contributed by atoms with van der Waals surface area (Å²) >= 11 is 0. The number of halogens is 1. The molecule has 2 rings (SSSR count). The van der Waals surface area contributed by atoms with E-state index in [1.165, 1.54) is 7.05 Å². The van der Waals surface area contributed by atoms with Crippen molar-refractivity contribution in [3.63, 3.8) is 0 Å². The molecule has 0 radical (unpaired) electrons. The van der Waals surface area contributed by atoms with E-state index < -0.39 is 29.9 Å². The normalized spacial score (nSPS) is 27.4. The number of rotatable bonds is 3. The molecule has 2 heterocycles. The van der Waals surface area contributed by atoms with Gasteiger partial charge in [-0.3, -0.25) is 4.57 Å². The Balaban J connectivity index is 2.30. The lowest BCUT2D eigenvalue weighted by molar-refractivity contribution is -0.0461. The Hall–Kier alpha value is -1.51. The van der Waals surface area contributed by atoms with Gasteiger partial charge in [-0.25, -0.2) is 9.18 Å². The number of anilines is 1. The van der Waals surface area contributed by atoms with Gasteiger partial charge in [-0.15, -0.1) is 0 Å². The summed E-state index contributed by atoms with van der Waals surface area (Å²) in [6.07, 6.45) is -1.41. The zero-order valence-corrected chi connectivity index (χ0v) is 9.71. The average Bonchev–Trinajstić information content (AvgIpc) is 2.72. The molecule has 1 saturated heterocycles. The van der Waals surface area contributed by atoms with Crippen LogP contribution in [0.1, 0.15) is 12.6 Å². The number of ether oxygens (including phenoxy) is 1. The average molecular weight is 259 g/mol. The molecule has 0 saturated carbocycles. The van der Waals surface area contributed by atoms with Crippen LogP contribution in [0.4, 0.5) is 10.2 Å². The first-order chi connectivity index (χ1) is 8.56. The summed E-state index contributed by atoms with van der Waals surface area (Å²) in [5.74, 6) is -0.837. The highest BCUT2D eigenvalue weighted by Gasteiger charge is 2.35. The van der Waals surface area contributed by atoms with Crippen molar-refractivity contribution >= 4 is 5.82 Å². The molecule has 0 aromatic carbocycles. The maximum absolute atomic E-state index is 13.5. The van der Waals surface area contributed by atoms with Crippen LogP contribution in [-0.4, -0.2) is 45.6 Å². The lowest BCUT2D eigenvalue weighted by Crippen LogP contribution is -2.29. The molecule has 18 heavy (non-hydrogen) atoms. The van der Waals surface area contributed by atoms with Crippen LogP contribution in [0.2, 0.25) is 0 Å². The Kier molecular flexibility index (Phi) is 3.60. The highest BCUT2D eigenvalue weighted by molar-refractivity contribution is 5.32. The first-order valence-electron chi connectivity index (χ1n) is 5.47. The molecule has 1 aromatic heterocycles. The minimum absolute atomic E-state index is 0.102. The summed E-state index contributed by atoms with van der Waals surface area (Å²) in [4.78, 5) is 15.2. The molecular formula is C10H14FN3O4. The maximum Gasteiger partial charge on any atom is 0.351 e. The predicted octanol–water partition coefficient (Wildman–Crippen LogP) is -0.935. The van der Waals surface area contributed by atoms with E-state index >= 15 is 0 Å². The molecule has 1 aromatic rings. The molecule has 3 unspecified atom stereocenters. The van der Waals surface area contributed by atoms with Gasteiger partial charge in [-0.05, 0) is 0 Å². The van der Waals surface area contributed by atoms with Gasteiger partial charge in [0.15, 0.2) is 11.6 Å². The van der Waals surface area contributed by atoms with E-state index in [0.29, 0.717) is 0 Å². The number of hydrogen-bond donors (Lipinski definition) is 3. The standard InChI is InChI=1S/C10H14FN3O4/c1-12-9-5(11)3-14(10(17)13-9)8-2-6(16)7(4-15)18-8/h3,6-8,15-16H,2,4H2,1H3,(H,12,13,17). The molecule has 3 N–H and O–H groups in total. The van der Waals surface area contributed by atoms with E-state index in [1.807, 2.05) is 0 Å². The number of aliphatic hydroxyl groups is 2. The lowest BCUT2D eigenvalue weighted by Gasteiger charge is -2.14. The lowest BCUT2D eigenvalue weighted by atomic mass is 10.2. The fraction of sp³-hybridized carbons (Fsp3) is 0.600. The Bertz CT molecular complexity index is 493. The van der Waals surface area contributed by atoms with Crippen LogP contribution >= 0.6 is 0 Å². The van der Waals surface area contributed by atoms with Gasteiger partial charge >= 0.3 is 5.69 Å². The monoisotopic (exact) mass is 259 g/mol. The third-order valence-electron chi connectivity index (χ3n) is 2.84. The van der Waals surface area contributed by atoms with Gasteiger partial charge in [0.1, 0.15) is 12.3 Å². The zero-order chi connectivity index (χ0) is 13.3. The second-order valence-electron chi connectivity index (χ2n) is 3.99. The van der Waals surface area contributed by atoms with E-state index in [4.69, 9.17) is 9.84 Å². The number of aliphatic hydroxyl groups excluding tert-OH is 2.